The van der Waals surface area contributed by atoms with Crippen LogP contribution < -0.4 is 5.32 Å². The Labute approximate surface area is 93.9 Å². The fourth-order valence-corrected chi connectivity index (χ4v) is 2.17. The number of likely N-dealkylation sites (tertiary alicyclic amines) is 1. The zero-order chi connectivity index (χ0) is 11.1. The van der Waals surface area contributed by atoms with Crippen molar-refractivity contribution in [1.82, 2.24) is 10.2 Å². The van der Waals surface area contributed by atoms with Crippen LogP contribution >= 0.6 is 0 Å². The van der Waals surface area contributed by atoms with Gasteiger partial charge in [-0.05, 0) is 58.8 Å². The van der Waals surface area contributed by atoms with Crippen LogP contribution in [0, 0.1) is 0 Å². The van der Waals surface area contributed by atoms with E-state index in [1.54, 1.807) is 0 Å². The molecule has 1 rings (SSSR count). The van der Waals surface area contributed by atoms with Crippen LogP contribution in [0.25, 0.3) is 0 Å². The van der Waals surface area contributed by atoms with Gasteiger partial charge < -0.3 is 15.3 Å². The molecule has 0 radical (unpaired) electrons. The maximum atomic E-state index is 9.15. The maximum Gasteiger partial charge on any atom is 0.0524 e. The largest absolute Gasteiger partial charge is 0.393 e. The third kappa shape index (κ3) is 5.50. The number of hydrogen-bond acceptors (Lipinski definition) is 3. The molecule has 0 bridgehead atoms. The van der Waals surface area contributed by atoms with Crippen LogP contribution in [0.2, 0.25) is 0 Å². The summed E-state index contributed by atoms with van der Waals surface area (Å²) < 4.78 is 0. The highest BCUT2D eigenvalue weighted by Crippen LogP contribution is 2.10. The second-order valence-corrected chi connectivity index (χ2v) is 4.71. The lowest BCUT2D eigenvalue weighted by atomic mass is 10.0. The molecule has 90 valence electrons. The summed E-state index contributed by atoms with van der Waals surface area (Å²) >= 11 is 0. The lowest BCUT2D eigenvalue weighted by Gasteiger charge is -2.32. The van der Waals surface area contributed by atoms with Crippen LogP contribution in [0.5, 0.6) is 0 Å². The molecule has 15 heavy (non-hydrogen) atoms. The summed E-state index contributed by atoms with van der Waals surface area (Å²) in [7, 11) is 0. The first-order valence-electron chi connectivity index (χ1n) is 6.36. The van der Waals surface area contributed by atoms with Crippen LogP contribution in [0.4, 0.5) is 0 Å². The molecule has 2 N–H and O–H groups in total. The normalized spacial score (nSPS) is 21.8. The smallest absolute Gasteiger partial charge is 0.0524 e. The van der Waals surface area contributed by atoms with Gasteiger partial charge in [0.05, 0.1) is 6.10 Å². The molecule has 0 aliphatic carbocycles. The predicted octanol–water partition coefficient (Wildman–Crippen LogP) is 1.22. The van der Waals surface area contributed by atoms with Gasteiger partial charge in [-0.1, -0.05) is 6.92 Å². The number of piperidine rings is 1. The van der Waals surface area contributed by atoms with Gasteiger partial charge in [-0.3, -0.25) is 0 Å². The van der Waals surface area contributed by atoms with Gasteiger partial charge in [-0.2, -0.15) is 0 Å². The van der Waals surface area contributed by atoms with Crippen LogP contribution in [0.1, 0.15) is 39.5 Å². The third-order valence-electron chi connectivity index (χ3n) is 3.12. The average Bonchev–Trinajstić information content (AvgIpc) is 2.20. The van der Waals surface area contributed by atoms with Crippen molar-refractivity contribution in [2.75, 3.05) is 26.2 Å². The van der Waals surface area contributed by atoms with Crippen LogP contribution in [0.15, 0.2) is 0 Å². The number of aliphatic hydroxyl groups is 1. The first-order valence-corrected chi connectivity index (χ1v) is 6.36. The highest BCUT2D eigenvalue weighted by atomic mass is 16.3. The van der Waals surface area contributed by atoms with E-state index in [9.17, 15) is 0 Å². The summed E-state index contributed by atoms with van der Waals surface area (Å²) in [5.41, 5.74) is 0. The van der Waals surface area contributed by atoms with E-state index in [2.05, 4.69) is 17.1 Å². The Morgan fingerprint density at radius 3 is 2.60 bits per heavy atom. The van der Waals surface area contributed by atoms with Gasteiger partial charge in [0.1, 0.15) is 0 Å². The Morgan fingerprint density at radius 2 is 2.07 bits per heavy atom. The van der Waals surface area contributed by atoms with E-state index in [1.807, 2.05) is 6.92 Å². The Morgan fingerprint density at radius 1 is 1.40 bits per heavy atom. The van der Waals surface area contributed by atoms with Gasteiger partial charge in [0, 0.05) is 6.04 Å². The minimum atomic E-state index is -0.169. The molecule has 0 saturated carbocycles. The van der Waals surface area contributed by atoms with Crippen molar-refractivity contribution < 1.29 is 5.11 Å². The second kappa shape index (κ2) is 7.20. The molecule has 1 atom stereocenters. The minimum absolute atomic E-state index is 0.169. The summed E-state index contributed by atoms with van der Waals surface area (Å²) in [5, 5.41) is 12.7. The number of rotatable bonds is 6. The molecule has 1 heterocycles. The summed E-state index contributed by atoms with van der Waals surface area (Å²) in [6.45, 7) is 8.77. The van der Waals surface area contributed by atoms with Crippen molar-refractivity contribution in [2.24, 2.45) is 0 Å². The van der Waals surface area contributed by atoms with Crippen molar-refractivity contribution in [1.29, 1.82) is 0 Å². The molecular weight excluding hydrogens is 188 g/mol. The summed E-state index contributed by atoms with van der Waals surface area (Å²) in [6, 6.07) is 0.678. The number of nitrogens with one attached hydrogen (secondary N) is 1. The summed E-state index contributed by atoms with van der Waals surface area (Å²) in [6.07, 6.45) is 4.49. The van der Waals surface area contributed by atoms with E-state index in [-0.39, 0.29) is 6.10 Å². The van der Waals surface area contributed by atoms with Crippen LogP contribution in [0.3, 0.4) is 0 Å². The number of nitrogens with zero attached hydrogens (tertiary/aromatic N) is 1. The molecular formula is C12H26N2O. The molecule has 1 saturated heterocycles. The molecule has 0 spiro atoms. The Kier molecular flexibility index (Phi) is 6.22. The van der Waals surface area contributed by atoms with E-state index in [4.69, 9.17) is 5.11 Å². The molecule has 0 aromatic carbocycles. The van der Waals surface area contributed by atoms with E-state index in [1.165, 1.54) is 38.9 Å². The summed E-state index contributed by atoms with van der Waals surface area (Å²) in [4.78, 5) is 2.55. The van der Waals surface area contributed by atoms with Gasteiger partial charge in [0.2, 0.25) is 0 Å². The molecule has 0 unspecified atom stereocenters. The topological polar surface area (TPSA) is 35.5 Å². The zero-order valence-electron chi connectivity index (χ0n) is 10.2. The molecule has 0 amide bonds. The fraction of sp³-hybridized carbons (Fsp3) is 1.00. The molecule has 0 aromatic rings. The molecule has 3 nitrogen and oxygen atoms in total. The van der Waals surface area contributed by atoms with Gasteiger partial charge in [-0.15, -0.1) is 0 Å². The van der Waals surface area contributed by atoms with Crippen LogP contribution in [-0.2, 0) is 0 Å². The van der Waals surface area contributed by atoms with Gasteiger partial charge in [0.25, 0.3) is 0 Å². The molecule has 3 heteroatoms. The third-order valence-corrected chi connectivity index (χ3v) is 3.12. The van der Waals surface area contributed by atoms with E-state index in [0.717, 1.165) is 13.0 Å². The first-order chi connectivity index (χ1) is 7.22. The Bertz CT molecular complexity index is 154. The monoisotopic (exact) mass is 214 g/mol. The fourth-order valence-electron chi connectivity index (χ4n) is 2.17. The quantitative estimate of drug-likeness (QED) is 0.698. The van der Waals surface area contributed by atoms with Gasteiger partial charge >= 0.3 is 0 Å². The molecule has 1 aliphatic rings. The lowest BCUT2D eigenvalue weighted by Crippen LogP contribution is -2.43. The van der Waals surface area contributed by atoms with E-state index in [0.29, 0.717) is 6.04 Å². The highest BCUT2D eigenvalue weighted by molar-refractivity contribution is 4.76. The van der Waals surface area contributed by atoms with Gasteiger partial charge in [0.15, 0.2) is 0 Å². The predicted molar refractivity (Wildman–Crippen MR) is 64.1 cm³/mol. The van der Waals surface area contributed by atoms with E-state index >= 15 is 0 Å². The van der Waals surface area contributed by atoms with Crippen molar-refractivity contribution >= 4 is 0 Å². The number of hydrogen-bond donors (Lipinski definition) is 2. The number of aliphatic hydroxyl groups excluding tert-OH is 1. The Balaban J connectivity index is 2.04. The lowest BCUT2D eigenvalue weighted by molar-refractivity contribution is 0.171. The second-order valence-electron chi connectivity index (χ2n) is 4.71. The first kappa shape index (κ1) is 12.9. The van der Waals surface area contributed by atoms with Crippen molar-refractivity contribution in [2.45, 2.75) is 51.7 Å². The van der Waals surface area contributed by atoms with Gasteiger partial charge in [-0.25, -0.2) is 0 Å². The Hall–Kier alpha value is -0.120. The SMILES string of the molecule is CCCN1CCC(NCC[C@H](C)O)CC1. The zero-order valence-corrected chi connectivity index (χ0v) is 10.2. The van der Waals surface area contributed by atoms with E-state index < -0.39 is 0 Å². The highest BCUT2D eigenvalue weighted by Gasteiger charge is 2.17. The maximum absolute atomic E-state index is 9.15. The average molecular weight is 214 g/mol. The van der Waals surface area contributed by atoms with Crippen molar-refractivity contribution in [3.05, 3.63) is 0 Å². The molecule has 1 fully saturated rings. The minimum Gasteiger partial charge on any atom is -0.393 e. The molecule has 0 aromatic heterocycles. The molecule has 1 aliphatic heterocycles. The van der Waals surface area contributed by atoms with Crippen molar-refractivity contribution in [3.8, 4) is 0 Å². The van der Waals surface area contributed by atoms with Crippen molar-refractivity contribution in [3.63, 3.8) is 0 Å². The standard InChI is InChI=1S/C12H26N2O/c1-3-8-14-9-5-12(6-10-14)13-7-4-11(2)15/h11-13,15H,3-10H2,1-2H3/t11-/m0/s1. The summed E-state index contributed by atoms with van der Waals surface area (Å²) in [5.74, 6) is 0. The van der Waals surface area contributed by atoms with Crippen LogP contribution in [-0.4, -0.2) is 48.3 Å².